The number of aromatic nitrogens is 2. The maximum absolute atomic E-state index is 12.7. The Kier molecular flexibility index (Phi) is 7.06. The van der Waals surface area contributed by atoms with Crippen LogP contribution in [-0.2, 0) is 16.1 Å². The summed E-state index contributed by atoms with van der Waals surface area (Å²) >= 11 is 6.23. The van der Waals surface area contributed by atoms with Gasteiger partial charge in [-0.3, -0.25) is 14.4 Å². The SMILES string of the molecule is Cc1nn(Cc2ccccc2Cl)c(C)c1C(=O)OCC(=O)N(CC#N)c1ccccc1. The fraction of sp³-hybridized carbons (Fsp3) is 0.217. The van der Waals surface area contributed by atoms with Crippen LogP contribution in [0.2, 0.25) is 5.02 Å². The van der Waals surface area contributed by atoms with Crippen LogP contribution in [0.1, 0.15) is 27.3 Å². The van der Waals surface area contributed by atoms with E-state index in [1.54, 1.807) is 48.9 Å². The topological polar surface area (TPSA) is 88.2 Å². The van der Waals surface area contributed by atoms with E-state index in [9.17, 15) is 9.59 Å². The zero-order valence-corrected chi connectivity index (χ0v) is 18.0. The van der Waals surface area contributed by atoms with Gasteiger partial charge in [-0.05, 0) is 37.6 Å². The number of amides is 1. The minimum Gasteiger partial charge on any atom is -0.452 e. The van der Waals surface area contributed by atoms with Crippen molar-refractivity contribution < 1.29 is 14.3 Å². The van der Waals surface area contributed by atoms with Gasteiger partial charge < -0.3 is 4.74 Å². The van der Waals surface area contributed by atoms with Gasteiger partial charge in [0, 0.05) is 10.7 Å². The zero-order valence-electron chi connectivity index (χ0n) is 17.2. The van der Waals surface area contributed by atoms with E-state index in [4.69, 9.17) is 21.6 Å². The van der Waals surface area contributed by atoms with Gasteiger partial charge in [0.15, 0.2) is 6.61 Å². The number of nitriles is 1. The molecule has 1 amide bonds. The third-order valence-electron chi connectivity index (χ3n) is 4.79. The number of carbonyl (C=O) groups is 2. The fourth-order valence-electron chi connectivity index (χ4n) is 3.21. The first-order valence-electron chi connectivity index (χ1n) is 9.59. The molecular weight excluding hydrogens is 416 g/mol. The molecule has 0 saturated carbocycles. The first-order chi connectivity index (χ1) is 14.9. The van der Waals surface area contributed by atoms with Gasteiger partial charge in [0.05, 0.1) is 24.0 Å². The second-order valence-electron chi connectivity index (χ2n) is 6.84. The molecule has 0 unspecified atom stereocenters. The lowest BCUT2D eigenvalue weighted by atomic mass is 10.2. The van der Waals surface area contributed by atoms with Crippen molar-refractivity contribution in [3.63, 3.8) is 0 Å². The van der Waals surface area contributed by atoms with Crippen molar-refractivity contribution in [1.82, 2.24) is 9.78 Å². The van der Waals surface area contributed by atoms with Gasteiger partial charge in [0.25, 0.3) is 5.91 Å². The number of anilines is 1. The second-order valence-corrected chi connectivity index (χ2v) is 7.25. The average Bonchev–Trinajstić information content (AvgIpc) is 3.05. The van der Waals surface area contributed by atoms with Crippen molar-refractivity contribution >= 4 is 29.2 Å². The number of hydrogen-bond acceptors (Lipinski definition) is 5. The van der Waals surface area contributed by atoms with Crippen LogP contribution in [0.5, 0.6) is 0 Å². The van der Waals surface area contributed by atoms with Crippen LogP contribution in [0.3, 0.4) is 0 Å². The molecule has 3 rings (SSSR count). The summed E-state index contributed by atoms with van der Waals surface area (Å²) < 4.78 is 6.95. The summed E-state index contributed by atoms with van der Waals surface area (Å²) in [6.07, 6.45) is 0. The Bertz CT molecular complexity index is 1140. The summed E-state index contributed by atoms with van der Waals surface area (Å²) in [6.45, 7) is 3.25. The van der Waals surface area contributed by atoms with Crippen LogP contribution in [-0.4, -0.2) is 34.8 Å². The highest BCUT2D eigenvalue weighted by Gasteiger charge is 2.23. The van der Waals surface area contributed by atoms with E-state index in [1.807, 2.05) is 30.3 Å². The molecule has 0 radical (unpaired) electrons. The molecule has 31 heavy (non-hydrogen) atoms. The summed E-state index contributed by atoms with van der Waals surface area (Å²) in [6, 6.07) is 18.1. The maximum Gasteiger partial charge on any atom is 0.342 e. The number of esters is 1. The number of aryl methyl sites for hydroxylation is 1. The Morgan fingerprint density at radius 2 is 1.81 bits per heavy atom. The molecule has 0 aliphatic heterocycles. The van der Waals surface area contributed by atoms with Gasteiger partial charge >= 0.3 is 5.97 Å². The number of carbonyl (C=O) groups excluding carboxylic acids is 2. The highest BCUT2D eigenvalue weighted by molar-refractivity contribution is 6.31. The Balaban J connectivity index is 1.72. The van der Waals surface area contributed by atoms with E-state index in [0.717, 1.165) is 5.56 Å². The average molecular weight is 437 g/mol. The number of benzene rings is 2. The molecule has 3 aromatic rings. The summed E-state index contributed by atoms with van der Waals surface area (Å²) in [5.41, 5.74) is 2.86. The summed E-state index contributed by atoms with van der Waals surface area (Å²) in [7, 11) is 0. The van der Waals surface area contributed by atoms with E-state index >= 15 is 0 Å². The molecule has 0 bridgehead atoms. The van der Waals surface area contributed by atoms with Crippen LogP contribution >= 0.6 is 11.6 Å². The van der Waals surface area contributed by atoms with Gasteiger partial charge in [-0.15, -0.1) is 0 Å². The number of nitrogens with zero attached hydrogens (tertiary/aromatic N) is 4. The quantitative estimate of drug-likeness (QED) is 0.413. The first-order valence-corrected chi connectivity index (χ1v) is 9.97. The Hall–Kier alpha value is -3.63. The summed E-state index contributed by atoms with van der Waals surface area (Å²) in [5, 5.41) is 14.1. The van der Waals surface area contributed by atoms with Gasteiger partial charge in [-0.25, -0.2) is 4.79 Å². The minimum absolute atomic E-state index is 0.145. The van der Waals surface area contributed by atoms with Gasteiger partial charge in [0.2, 0.25) is 0 Å². The first kappa shape index (κ1) is 22.1. The molecule has 0 spiro atoms. The van der Waals surface area contributed by atoms with Crippen molar-refractivity contribution in [2.75, 3.05) is 18.1 Å². The predicted molar refractivity (Wildman–Crippen MR) is 117 cm³/mol. The molecule has 7 nitrogen and oxygen atoms in total. The lowest BCUT2D eigenvalue weighted by molar-refractivity contribution is -0.121. The van der Waals surface area contributed by atoms with Gasteiger partial charge in [0.1, 0.15) is 12.1 Å². The number of rotatable bonds is 7. The largest absolute Gasteiger partial charge is 0.452 e. The summed E-state index contributed by atoms with van der Waals surface area (Å²) in [4.78, 5) is 26.6. The lowest BCUT2D eigenvalue weighted by Gasteiger charge is -2.19. The van der Waals surface area contributed by atoms with E-state index in [2.05, 4.69) is 5.10 Å². The smallest absolute Gasteiger partial charge is 0.342 e. The molecular formula is C23H21ClN4O3. The van der Waals surface area contributed by atoms with E-state index in [1.165, 1.54) is 4.90 Å². The normalized spacial score (nSPS) is 10.4. The Morgan fingerprint density at radius 3 is 2.48 bits per heavy atom. The molecule has 0 aliphatic rings. The fourth-order valence-corrected chi connectivity index (χ4v) is 3.41. The molecule has 0 saturated heterocycles. The van der Waals surface area contributed by atoms with Crippen LogP contribution in [0.4, 0.5) is 5.69 Å². The molecule has 0 atom stereocenters. The van der Waals surface area contributed by atoms with Gasteiger partial charge in [-0.1, -0.05) is 48.0 Å². The molecule has 8 heteroatoms. The second kappa shape index (κ2) is 9.92. The molecule has 2 aromatic carbocycles. The molecule has 0 fully saturated rings. The summed E-state index contributed by atoms with van der Waals surface area (Å²) in [5.74, 6) is -1.13. The van der Waals surface area contributed by atoms with Crippen molar-refractivity contribution in [1.29, 1.82) is 5.26 Å². The molecule has 158 valence electrons. The number of ether oxygens (including phenoxy) is 1. The van der Waals surface area contributed by atoms with E-state index < -0.39 is 18.5 Å². The van der Waals surface area contributed by atoms with Crippen LogP contribution in [0, 0.1) is 25.2 Å². The van der Waals surface area contributed by atoms with E-state index in [0.29, 0.717) is 34.2 Å². The predicted octanol–water partition coefficient (Wildman–Crippen LogP) is 3.92. The van der Waals surface area contributed by atoms with Crippen molar-refractivity contribution in [3.05, 3.63) is 82.1 Å². The Labute approximate surface area is 185 Å². The lowest BCUT2D eigenvalue weighted by Crippen LogP contribution is -2.35. The van der Waals surface area contributed by atoms with Gasteiger partial charge in [-0.2, -0.15) is 10.4 Å². The Morgan fingerprint density at radius 1 is 1.13 bits per heavy atom. The third kappa shape index (κ3) is 5.11. The van der Waals surface area contributed by atoms with Crippen LogP contribution in [0.15, 0.2) is 54.6 Å². The van der Waals surface area contributed by atoms with Crippen LogP contribution in [0.25, 0.3) is 0 Å². The molecule has 0 N–H and O–H groups in total. The highest BCUT2D eigenvalue weighted by Crippen LogP contribution is 2.20. The third-order valence-corrected chi connectivity index (χ3v) is 5.16. The number of halogens is 1. The van der Waals surface area contributed by atoms with Crippen molar-refractivity contribution in [2.24, 2.45) is 0 Å². The zero-order chi connectivity index (χ0) is 22.4. The molecule has 1 heterocycles. The maximum atomic E-state index is 12.7. The van der Waals surface area contributed by atoms with E-state index in [-0.39, 0.29) is 6.54 Å². The van der Waals surface area contributed by atoms with Crippen molar-refractivity contribution in [3.8, 4) is 6.07 Å². The number of hydrogen-bond donors (Lipinski definition) is 0. The monoisotopic (exact) mass is 436 g/mol. The minimum atomic E-state index is -0.640. The standard InChI is InChI=1S/C23H21ClN4O3/c1-16-22(17(2)28(26-16)14-18-8-6-7-11-20(18)24)23(30)31-15-21(29)27(13-12-25)19-9-4-3-5-10-19/h3-11H,13-15H2,1-2H3. The number of para-hydroxylation sites is 1. The molecule has 1 aromatic heterocycles. The highest BCUT2D eigenvalue weighted by atomic mass is 35.5. The molecule has 0 aliphatic carbocycles. The van der Waals surface area contributed by atoms with Crippen LogP contribution < -0.4 is 4.90 Å². The van der Waals surface area contributed by atoms with Crippen molar-refractivity contribution in [2.45, 2.75) is 20.4 Å².